The van der Waals surface area contributed by atoms with Gasteiger partial charge in [-0.1, -0.05) is 26.0 Å². The van der Waals surface area contributed by atoms with Crippen LogP contribution in [0, 0.1) is 11.8 Å². The van der Waals surface area contributed by atoms with Gasteiger partial charge in [-0.15, -0.1) is 6.58 Å². The van der Waals surface area contributed by atoms with E-state index in [4.69, 9.17) is 9.47 Å². The standard InChI is InChI=1S/C14H22O2/c1-6-9(2)13-11(4)12-8-7-10(3)14(5,15-12)16-13/h6-7,9,11-13H,1,8H2,2-5H3/t9-,11+,12-,13-,14-/m1/s1. The fourth-order valence-corrected chi connectivity index (χ4v) is 2.65. The monoisotopic (exact) mass is 222 g/mol. The van der Waals surface area contributed by atoms with E-state index in [1.807, 2.05) is 13.0 Å². The van der Waals surface area contributed by atoms with E-state index in [1.54, 1.807) is 0 Å². The quantitative estimate of drug-likeness (QED) is 0.667. The zero-order chi connectivity index (χ0) is 11.9. The highest BCUT2D eigenvalue weighted by molar-refractivity contribution is 5.16. The molecule has 0 N–H and O–H groups in total. The van der Waals surface area contributed by atoms with Crippen LogP contribution < -0.4 is 0 Å². The molecule has 0 aromatic heterocycles. The Morgan fingerprint density at radius 1 is 1.56 bits per heavy atom. The molecule has 0 spiro atoms. The second-order valence-electron chi connectivity index (χ2n) is 5.26. The molecule has 2 aliphatic rings. The van der Waals surface area contributed by atoms with Crippen LogP contribution >= 0.6 is 0 Å². The van der Waals surface area contributed by atoms with E-state index in [1.165, 1.54) is 5.57 Å². The molecule has 0 aliphatic carbocycles. The van der Waals surface area contributed by atoms with Crippen molar-refractivity contribution in [3.05, 3.63) is 24.3 Å². The molecule has 0 amide bonds. The molecule has 5 atom stereocenters. The van der Waals surface area contributed by atoms with Crippen LogP contribution in [-0.4, -0.2) is 18.0 Å². The summed E-state index contributed by atoms with van der Waals surface area (Å²) in [6, 6.07) is 0. The third kappa shape index (κ3) is 1.74. The van der Waals surface area contributed by atoms with Crippen molar-refractivity contribution in [1.82, 2.24) is 0 Å². The van der Waals surface area contributed by atoms with Crippen LogP contribution in [0.4, 0.5) is 0 Å². The maximum atomic E-state index is 6.16. The second-order valence-corrected chi connectivity index (χ2v) is 5.26. The molecule has 0 saturated carbocycles. The summed E-state index contributed by atoms with van der Waals surface area (Å²) < 4.78 is 12.2. The van der Waals surface area contributed by atoms with Gasteiger partial charge in [-0.05, 0) is 25.8 Å². The summed E-state index contributed by atoms with van der Waals surface area (Å²) in [5, 5.41) is 0. The first-order chi connectivity index (χ1) is 7.48. The first-order valence-electron chi connectivity index (χ1n) is 6.13. The van der Waals surface area contributed by atoms with E-state index in [0.717, 1.165) is 6.42 Å². The lowest BCUT2D eigenvalue weighted by Crippen LogP contribution is -2.55. The fourth-order valence-electron chi connectivity index (χ4n) is 2.65. The minimum Gasteiger partial charge on any atom is -0.342 e. The summed E-state index contributed by atoms with van der Waals surface area (Å²) in [5.74, 6) is 0.272. The molecule has 0 aromatic carbocycles. The van der Waals surface area contributed by atoms with Crippen molar-refractivity contribution < 1.29 is 9.47 Å². The normalized spacial score (nSPS) is 44.8. The van der Waals surface area contributed by atoms with E-state index >= 15 is 0 Å². The van der Waals surface area contributed by atoms with Crippen LogP contribution in [0.15, 0.2) is 24.3 Å². The first-order valence-corrected chi connectivity index (χ1v) is 6.13. The van der Waals surface area contributed by atoms with E-state index in [9.17, 15) is 0 Å². The molecular weight excluding hydrogens is 200 g/mol. The van der Waals surface area contributed by atoms with Gasteiger partial charge in [0.2, 0.25) is 0 Å². The van der Waals surface area contributed by atoms with Gasteiger partial charge < -0.3 is 9.47 Å². The highest BCUT2D eigenvalue weighted by atomic mass is 16.7. The summed E-state index contributed by atoms with van der Waals surface area (Å²) in [6.45, 7) is 12.4. The molecule has 2 aliphatic heterocycles. The predicted octanol–water partition coefficient (Wildman–Crippen LogP) is 3.29. The minimum atomic E-state index is -0.517. The molecule has 1 saturated heterocycles. The van der Waals surface area contributed by atoms with E-state index in [0.29, 0.717) is 11.8 Å². The summed E-state index contributed by atoms with van der Waals surface area (Å²) >= 11 is 0. The van der Waals surface area contributed by atoms with Crippen LogP contribution in [0.1, 0.15) is 34.1 Å². The highest BCUT2D eigenvalue weighted by Crippen LogP contribution is 2.42. The van der Waals surface area contributed by atoms with Gasteiger partial charge in [-0.2, -0.15) is 0 Å². The molecule has 0 unspecified atom stereocenters. The van der Waals surface area contributed by atoms with Crippen molar-refractivity contribution >= 4 is 0 Å². The average Bonchev–Trinajstić information content (AvgIpc) is 2.27. The lowest BCUT2D eigenvalue weighted by atomic mass is 9.83. The van der Waals surface area contributed by atoms with Gasteiger partial charge in [0.05, 0.1) is 12.2 Å². The Balaban J connectivity index is 2.28. The van der Waals surface area contributed by atoms with Gasteiger partial charge >= 0.3 is 0 Å². The topological polar surface area (TPSA) is 18.5 Å². The summed E-state index contributed by atoms with van der Waals surface area (Å²) in [5.41, 5.74) is 1.19. The van der Waals surface area contributed by atoms with Gasteiger partial charge in [0.15, 0.2) is 5.79 Å². The number of ether oxygens (including phenoxy) is 2. The molecule has 0 radical (unpaired) electrons. The smallest absolute Gasteiger partial charge is 0.188 e. The molecule has 0 aromatic rings. The largest absolute Gasteiger partial charge is 0.342 e. The zero-order valence-corrected chi connectivity index (χ0v) is 10.7. The lowest BCUT2D eigenvalue weighted by molar-refractivity contribution is -0.318. The molecule has 2 rings (SSSR count). The van der Waals surface area contributed by atoms with Gasteiger partial charge in [0.25, 0.3) is 0 Å². The predicted molar refractivity (Wildman–Crippen MR) is 65.1 cm³/mol. The minimum absolute atomic E-state index is 0.213. The van der Waals surface area contributed by atoms with Gasteiger partial charge in [-0.25, -0.2) is 0 Å². The number of hydrogen-bond acceptors (Lipinski definition) is 2. The maximum Gasteiger partial charge on any atom is 0.188 e. The lowest BCUT2D eigenvalue weighted by Gasteiger charge is -2.50. The van der Waals surface area contributed by atoms with Crippen molar-refractivity contribution in [1.29, 1.82) is 0 Å². The molecule has 2 heterocycles. The van der Waals surface area contributed by atoms with E-state index in [2.05, 4.69) is 33.4 Å². The second kappa shape index (κ2) is 4.01. The number of hydrogen-bond donors (Lipinski definition) is 0. The molecule has 16 heavy (non-hydrogen) atoms. The van der Waals surface area contributed by atoms with Crippen molar-refractivity contribution in [2.24, 2.45) is 11.8 Å². The van der Waals surface area contributed by atoms with Crippen LogP contribution in [-0.2, 0) is 9.47 Å². The van der Waals surface area contributed by atoms with Crippen LogP contribution in [0.25, 0.3) is 0 Å². The molecule has 1 fully saturated rings. The van der Waals surface area contributed by atoms with Gasteiger partial charge in [0.1, 0.15) is 0 Å². The van der Waals surface area contributed by atoms with Gasteiger partial charge in [0, 0.05) is 11.8 Å². The Morgan fingerprint density at radius 2 is 2.25 bits per heavy atom. The van der Waals surface area contributed by atoms with Gasteiger partial charge in [-0.3, -0.25) is 0 Å². The molecule has 2 bridgehead atoms. The fraction of sp³-hybridized carbons (Fsp3) is 0.714. The highest BCUT2D eigenvalue weighted by Gasteiger charge is 2.47. The third-order valence-electron chi connectivity index (χ3n) is 4.10. The van der Waals surface area contributed by atoms with Crippen LogP contribution in [0.3, 0.4) is 0 Å². The Labute approximate surface area is 98.3 Å². The van der Waals surface area contributed by atoms with E-state index in [-0.39, 0.29) is 12.2 Å². The molecule has 2 heteroatoms. The molecule has 2 nitrogen and oxygen atoms in total. The average molecular weight is 222 g/mol. The Hall–Kier alpha value is -0.600. The Bertz CT molecular complexity index is 321. The third-order valence-corrected chi connectivity index (χ3v) is 4.10. The van der Waals surface area contributed by atoms with Crippen LogP contribution in [0.2, 0.25) is 0 Å². The van der Waals surface area contributed by atoms with Crippen molar-refractivity contribution in [3.8, 4) is 0 Å². The Kier molecular flexibility index (Phi) is 2.97. The molecule has 90 valence electrons. The van der Waals surface area contributed by atoms with Crippen LogP contribution in [0.5, 0.6) is 0 Å². The van der Waals surface area contributed by atoms with Crippen molar-refractivity contribution in [2.45, 2.75) is 52.1 Å². The number of fused-ring (bicyclic) bond motifs is 2. The summed E-state index contributed by atoms with van der Waals surface area (Å²) in [4.78, 5) is 0. The number of rotatable bonds is 2. The molecular formula is C14H22O2. The first kappa shape index (κ1) is 11.9. The van der Waals surface area contributed by atoms with E-state index < -0.39 is 5.79 Å². The summed E-state index contributed by atoms with van der Waals surface area (Å²) in [7, 11) is 0. The van der Waals surface area contributed by atoms with Crippen molar-refractivity contribution in [3.63, 3.8) is 0 Å². The van der Waals surface area contributed by atoms with Crippen molar-refractivity contribution in [2.75, 3.05) is 0 Å². The Morgan fingerprint density at radius 3 is 2.88 bits per heavy atom. The SMILES string of the molecule is C=C[C@@H](C)[C@H]1O[C@@]2(C)O[C@H](CC=C2C)[C@@H]1C. The maximum absolute atomic E-state index is 6.16. The zero-order valence-electron chi connectivity index (χ0n) is 10.7. The summed E-state index contributed by atoms with van der Waals surface area (Å²) in [6.07, 6.45) is 5.73.